The molecule has 0 amide bonds. The van der Waals surface area contributed by atoms with Crippen LogP contribution in [-0.2, 0) is 0 Å². The number of hydrogen-bond donors (Lipinski definition) is 0. The Kier molecular flexibility index (Phi) is 2.40. The van der Waals surface area contributed by atoms with Crippen LogP contribution in [0.4, 0.5) is 0 Å². The molecule has 0 atom stereocenters. The first-order chi connectivity index (χ1) is 6.27. The van der Waals surface area contributed by atoms with Crippen LogP contribution in [-0.4, -0.2) is 43.5 Å². The molecule has 1 heterocycles. The highest BCUT2D eigenvalue weighted by molar-refractivity contribution is 5.30. The Morgan fingerprint density at radius 1 is 1.23 bits per heavy atom. The zero-order valence-electron chi connectivity index (χ0n) is 8.58. The molecule has 0 bridgehead atoms. The highest BCUT2D eigenvalue weighted by atomic mass is 15.2. The van der Waals surface area contributed by atoms with Crippen LogP contribution in [0, 0.1) is 0 Å². The van der Waals surface area contributed by atoms with Gasteiger partial charge in [0, 0.05) is 32.4 Å². The predicted octanol–water partition coefficient (Wildman–Crippen LogP) is 1.47. The molecule has 2 nitrogen and oxygen atoms in total. The van der Waals surface area contributed by atoms with Gasteiger partial charge in [0.2, 0.25) is 0 Å². The van der Waals surface area contributed by atoms with Gasteiger partial charge in [-0.2, -0.15) is 0 Å². The van der Waals surface area contributed by atoms with Crippen molar-refractivity contribution in [1.29, 1.82) is 0 Å². The molecule has 0 unspecified atom stereocenters. The van der Waals surface area contributed by atoms with E-state index in [-0.39, 0.29) is 0 Å². The van der Waals surface area contributed by atoms with Gasteiger partial charge in [0.15, 0.2) is 0 Å². The molecule has 72 valence electrons. The van der Waals surface area contributed by atoms with Crippen molar-refractivity contribution in [3.05, 3.63) is 23.4 Å². The number of nitrogens with zero attached hydrogens (tertiary/aromatic N) is 2. The fourth-order valence-electron chi connectivity index (χ4n) is 2.11. The summed E-state index contributed by atoms with van der Waals surface area (Å²) in [7, 11) is 4.42. The van der Waals surface area contributed by atoms with E-state index in [0.717, 1.165) is 6.54 Å². The SMILES string of the molecule is CN1CCN(C)C2=C(C=CCC2)C1. The Hall–Kier alpha value is -0.760. The molecular weight excluding hydrogens is 160 g/mol. The lowest BCUT2D eigenvalue weighted by Crippen LogP contribution is -2.26. The summed E-state index contributed by atoms with van der Waals surface area (Å²) in [6.45, 7) is 3.47. The van der Waals surface area contributed by atoms with Crippen LogP contribution in [0.15, 0.2) is 23.4 Å². The van der Waals surface area contributed by atoms with E-state index in [1.807, 2.05) is 0 Å². The molecule has 0 radical (unpaired) electrons. The highest BCUT2D eigenvalue weighted by Gasteiger charge is 2.17. The standard InChI is InChI=1S/C11H18N2/c1-12-7-8-13(2)11-6-4-3-5-10(11)9-12/h3,5H,4,6-9H2,1-2H3. The Bertz CT molecular complexity index is 253. The first-order valence-corrected chi connectivity index (χ1v) is 5.05. The van der Waals surface area contributed by atoms with Gasteiger partial charge in [0.05, 0.1) is 0 Å². The number of likely N-dealkylation sites (N-methyl/N-ethyl adjacent to an activating group) is 2. The first-order valence-electron chi connectivity index (χ1n) is 5.05. The summed E-state index contributed by atoms with van der Waals surface area (Å²) in [5.74, 6) is 0. The molecule has 0 saturated heterocycles. The number of hydrogen-bond acceptors (Lipinski definition) is 2. The summed E-state index contributed by atoms with van der Waals surface area (Å²) < 4.78 is 0. The van der Waals surface area contributed by atoms with Gasteiger partial charge in [-0.3, -0.25) is 0 Å². The summed E-state index contributed by atoms with van der Waals surface area (Å²) in [4.78, 5) is 4.82. The van der Waals surface area contributed by atoms with E-state index in [4.69, 9.17) is 0 Å². The highest BCUT2D eigenvalue weighted by Crippen LogP contribution is 2.23. The Balaban J connectivity index is 2.25. The molecule has 2 heteroatoms. The van der Waals surface area contributed by atoms with Gasteiger partial charge in [-0.15, -0.1) is 0 Å². The molecule has 1 aliphatic carbocycles. The van der Waals surface area contributed by atoms with Crippen molar-refractivity contribution in [3.63, 3.8) is 0 Å². The quantitative estimate of drug-likeness (QED) is 0.554. The average molecular weight is 178 g/mol. The van der Waals surface area contributed by atoms with Crippen LogP contribution in [0.5, 0.6) is 0 Å². The summed E-state index contributed by atoms with van der Waals surface area (Å²) >= 11 is 0. The molecule has 0 saturated carbocycles. The lowest BCUT2D eigenvalue weighted by molar-refractivity contribution is 0.323. The zero-order chi connectivity index (χ0) is 9.26. The fourth-order valence-corrected chi connectivity index (χ4v) is 2.11. The van der Waals surface area contributed by atoms with E-state index in [1.54, 1.807) is 5.70 Å². The molecule has 0 aromatic rings. The average Bonchev–Trinajstić information content (AvgIpc) is 2.27. The lowest BCUT2D eigenvalue weighted by Gasteiger charge is -2.23. The lowest BCUT2D eigenvalue weighted by atomic mass is 10.0. The first kappa shape index (κ1) is 8.82. The maximum atomic E-state index is 2.42. The Morgan fingerprint density at radius 2 is 2.08 bits per heavy atom. The second kappa shape index (κ2) is 3.54. The normalized spacial score (nSPS) is 24.6. The molecule has 0 N–H and O–H groups in total. The van der Waals surface area contributed by atoms with E-state index in [9.17, 15) is 0 Å². The molecule has 0 aromatic carbocycles. The predicted molar refractivity (Wildman–Crippen MR) is 55.5 cm³/mol. The van der Waals surface area contributed by atoms with Crippen molar-refractivity contribution in [2.75, 3.05) is 33.7 Å². The van der Waals surface area contributed by atoms with E-state index in [2.05, 4.69) is 36.0 Å². The molecule has 2 rings (SSSR count). The molecule has 0 spiro atoms. The van der Waals surface area contributed by atoms with Gasteiger partial charge in [-0.25, -0.2) is 0 Å². The van der Waals surface area contributed by atoms with E-state index in [1.165, 1.54) is 31.5 Å². The third kappa shape index (κ3) is 1.78. The molecule has 2 aliphatic rings. The van der Waals surface area contributed by atoms with Crippen molar-refractivity contribution in [2.24, 2.45) is 0 Å². The van der Waals surface area contributed by atoms with Gasteiger partial charge >= 0.3 is 0 Å². The third-order valence-electron chi connectivity index (χ3n) is 2.96. The van der Waals surface area contributed by atoms with Crippen molar-refractivity contribution >= 4 is 0 Å². The van der Waals surface area contributed by atoms with Gasteiger partial charge in [-0.1, -0.05) is 12.2 Å². The maximum absolute atomic E-state index is 2.42. The number of allylic oxidation sites excluding steroid dienone is 2. The molecule has 1 aliphatic heterocycles. The topological polar surface area (TPSA) is 6.48 Å². The van der Waals surface area contributed by atoms with Crippen molar-refractivity contribution < 1.29 is 0 Å². The maximum Gasteiger partial charge on any atom is 0.0299 e. The van der Waals surface area contributed by atoms with Gasteiger partial charge in [0.25, 0.3) is 0 Å². The summed E-state index contributed by atoms with van der Waals surface area (Å²) in [6, 6.07) is 0. The van der Waals surface area contributed by atoms with E-state index in [0.29, 0.717) is 0 Å². The van der Waals surface area contributed by atoms with Crippen LogP contribution in [0.3, 0.4) is 0 Å². The molecule has 0 fully saturated rings. The zero-order valence-corrected chi connectivity index (χ0v) is 8.58. The van der Waals surface area contributed by atoms with E-state index < -0.39 is 0 Å². The molecule has 0 aromatic heterocycles. The second-order valence-corrected chi connectivity index (χ2v) is 4.07. The van der Waals surface area contributed by atoms with Crippen LogP contribution in [0.1, 0.15) is 12.8 Å². The van der Waals surface area contributed by atoms with Crippen molar-refractivity contribution in [3.8, 4) is 0 Å². The van der Waals surface area contributed by atoms with Gasteiger partial charge in [0.1, 0.15) is 0 Å². The minimum absolute atomic E-state index is 1.12. The largest absolute Gasteiger partial charge is 0.376 e. The smallest absolute Gasteiger partial charge is 0.0299 e. The molecule has 13 heavy (non-hydrogen) atoms. The van der Waals surface area contributed by atoms with Crippen LogP contribution in [0.2, 0.25) is 0 Å². The second-order valence-electron chi connectivity index (χ2n) is 4.07. The minimum atomic E-state index is 1.12. The van der Waals surface area contributed by atoms with Crippen LogP contribution in [0.25, 0.3) is 0 Å². The minimum Gasteiger partial charge on any atom is -0.376 e. The Morgan fingerprint density at radius 3 is 2.92 bits per heavy atom. The van der Waals surface area contributed by atoms with Crippen LogP contribution >= 0.6 is 0 Å². The Labute approximate surface area is 80.5 Å². The van der Waals surface area contributed by atoms with Crippen molar-refractivity contribution in [1.82, 2.24) is 9.80 Å². The fraction of sp³-hybridized carbons (Fsp3) is 0.636. The van der Waals surface area contributed by atoms with Gasteiger partial charge in [-0.05, 0) is 25.5 Å². The third-order valence-corrected chi connectivity index (χ3v) is 2.96. The van der Waals surface area contributed by atoms with Gasteiger partial charge < -0.3 is 9.80 Å². The van der Waals surface area contributed by atoms with Crippen LogP contribution < -0.4 is 0 Å². The molecular formula is C11H18N2. The summed E-state index contributed by atoms with van der Waals surface area (Å²) in [6.07, 6.45) is 7.05. The van der Waals surface area contributed by atoms with E-state index >= 15 is 0 Å². The monoisotopic (exact) mass is 178 g/mol. The van der Waals surface area contributed by atoms with Crippen molar-refractivity contribution in [2.45, 2.75) is 12.8 Å². The summed E-state index contributed by atoms with van der Waals surface area (Å²) in [5.41, 5.74) is 3.08. The number of rotatable bonds is 0. The summed E-state index contributed by atoms with van der Waals surface area (Å²) in [5, 5.41) is 0.